The van der Waals surface area contributed by atoms with Crippen molar-refractivity contribution in [3.63, 3.8) is 0 Å². The van der Waals surface area contributed by atoms with E-state index in [1.165, 1.54) is 0 Å². The zero-order chi connectivity index (χ0) is 12.4. The maximum atomic E-state index is 6.05. The van der Waals surface area contributed by atoms with Crippen molar-refractivity contribution in [2.45, 2.75) is 6.92 Å². The highest BCUT2D eigenvalue weighted by atomic mass is 79.9. The summed E-state index contributed by atoms with van der Waals surface area (Å²) in [7, 11) is 0. The number of benzene rings is 1. The Morgan fingerprint density at radius 3 is 2.88 bits per heavy atom. The molecule has 0 radical (unpaired) electrons. The van der Waals surface area contributed by atoms with E-state index in [0.29, 0.717) is 16.5 Å². The zero-order valence-electron chi connectivity index (χ0n) is 9.17. The minimum atomic E-state index is 0.499. The molecule has 2 rings (SSSR count). The molecule has 0 saturated carbocycles. The first-order valence-corrected chi connectivity index (χ1v) is 6.18. The van der Waals surface area contributed by atoms with Gasteiger partial charge in [0.15, 0.2) is 0 Å². The molecule has 0 spiro atoms. The number of pyridine rings is 1. The number of hydrogen-bond donors (Lipinski definition) is 2. The molecule has 88 valence electrons. The maximum Gasteiger partial charge on any atom is 0.149 e. The number of aryl methyl sites for hydroxylation is 1. The Labute approximate surface area is 113 Å². The first-order valence-electron chi connectivity index (χ1n) is 5.01. The van der Waals surface area contributed by atoms with Crippen molar-refractivity contribution in [1.29, 1.82) is 0 Å². The van der Waals surface area contributed by atoms with Crippen LogP contribution in [0.4, 0.5) is 17.2 Å². The molecular weight excluding hydrogens is 302 g/mol. The van der Waals surface area contributed by atoms with Gasteiger partial charge in [0.1, 0.15) is 5.82 Å². The predicted molar refractivity (Wildman–Crippen MR) is 75.8 cm³/mol. The fraction of sp³-hybridized carbons (Fsp3) is 0.0833. The van der Waals surface area contributed by atoms with Gasteiger partial charge < -0.3 is 11.1 Å². The standard InChI is InChI=1S/C12H11BrClN3/c1-7-3-2-4-10(11(7)13)17-12-9(14)5-8(15)6-16-12/h2-6H,15H2,1H3,(H,16,17). The summed E-state index contributed by atoms with van der Waals surface area (Å²) in [4.78, 5) is 4.15. The first kappa shape index (κ1) is 12.2. The Kier molecular flexibility index (Phi) is 3.54. The number of hydrogen-bond acceptors (Lipinski definition) is 3. The summed E-state index contributed by atoms with van der Waals surface area (Å²) >= 11 is 9.57. The Hall–Kier alpha value is -1.26. The summed E-state index contributed by atoms with van der Waals surface area (Å²) in [5.41, 5.74) is 8.20. The molecule has 0 aliphatic carbocycles. The molecule has 3 nitrogen and oxygen atoms in total. The van der Waals surface area contributed by atoms with E-state index in [1.54, 1.807) is 12.3 Å². The molecule has 0 unspecified atom stereocenters. The van der Waals surface area contributed by atoms with Gasteiger partial charge in [-0.2, -0.15) is 0 Å². The molecule has 0 amide bonds. The van der Waals surface area contributed by atoms with E-state index >= 15 is 0 Å². The second-order valence-corrected chi connectivity index (χ2v) is 4.86. The van der Waals surface area contributed by atoms with Gasteiger partial charge in [-0.05, 0) is 40.5 Å². The Balaban J connectivity index is 2.35. The van der Waals surface area contributed by atoms with Gasteiger partial charge in [-0.15, -0.1) is 0 Å². The highest BCUT2D eigenvalue weighted by molar-refractivity contribution is 9.10. The Bertz CT molecular complexity index is 557. The third-order valence-corrected chi connectivity index (χ3v) is 3.65. The molecule has 0 saturated heterocycles. The molecule has 1 aromatic heterocycles. The molecule has 0 aliphatic rings. The van der Waals surface area contributed by atoms with Gasteiger partial charge in [-0.1, -0.05) is 23.7 Å². The van der Waals surface area contributed by atoms with Crippen molar-refractivity contribution in [3.05, 3.63) is 45.5 Å². The van der Waals surface area contributed by atoms with E-state index in [0.717, 1.165) is 15.7 Å². The monoisotopic (exact) mass is 311 g/mol. The molecule has 1 heterocycles. The van der Waals surface area contributed by atoms with Crippen LogP contribution in [-0.2, 0) is 0 Å². The minimum absolute atomic E-state index is 0.499. The summed E-state index contributed by atoms with van der Waals surface area (Å²) < 4.78 is 0.995. The lowest BCUT2D eigenvalue weighted by atomic mass is 10.2. The van der Waals surface area contributed by atoms with Crippen molar-refractivity contribution >= 4 is 44.7 Å². The summed E-state index contributed by atoms with van der Waals surface area (Å²) in [5, 5.41) is 3.66. The number of nitrogen functional groups attached to an aromatic ring is 1. The number of nitrogens with two attached hydrogens (primary N) is 1. The fourth-order valence-electron chi connectivity index (χ4n) is 1.42. The summed E-state index contributed by atoms with van der Waals surface area (Å²) in [5.74, 6) is 0.590. The third kappa shape index (κ3) is 2.70. The van der Waals surface area contributed by atoms with E-state index in [9.17, 15) is 0 Å². The largest absolute Gasteiger partial charge is 0.397 e. The molecule has 1 aromatic carbocycles. The van der Waals surface area contributed by atoms with Crippen LogP contribution in [0.15, 0.2) is 34.9 Å². The second-order valence-electron chi connectivity index (χ2n) is 3.66. The second kappa shape index (κ2) is 4.94. The number of aromatic nitrogens is 1. The van der Waals surface area contributed by atoms with Crippen LogP contribution >= 0.6 is 27.5 Å². The van der Waals surface area contributed by atoms with Crippen molar-refractivity contribution in [3.8, 4) is 0 Å². The SMILES string of the molecule is Cc1cccc(Nc2ncc(N)cc2Cl)c1Br. The van der Waals surface area contributed by atoms with Crippen LogP contribution in [-0.4, -0.2) is 4.98 Å². The summed E-state index contributed by atoms with van der Waals surface area (Å²) in [6.45, 7) is 2.02. The number of anilines is 3. The average Bonchev–Trinajstić information content (AvgIpc) is 2.28. The maximum absolute atomic E-state index is 6.05. The third-order valence-electron chi connectivity index (χ3n) is 2.31. The molecule has 5 heteroatoms. The molecule has 17 heavy (non-hydrogen) atoms. The number of halogens is 2. The highest BCUT2D eigenvalue weighted by Gasteiger charge is 2.06. The van der Waals surface area contributed by atoms with Crippen LogP contribution in [0.2, 0.25) is 5.02 Å². The fourth-order valence-corrected chi connectivity index (χ4v) is 2.00. The van der Waals surface area contributed by atoms with Gasteiger partial charge in [-0.25, -0.2) is 4.98 Å². The molecule has 0 aliphatic heterocycles. The molecule has 0 fully saturated rings. The van der Waals surface area contributed by atoms with Gasteiger partial charge in [0.2, 0.25) is 0 Å². The molecule has 0 atom stereocenters. The van der Waals surface area contributed by atoms with Crippen molar-refractivity contribution in [2.24, 2.45) is 0 Å². The van der Waals surface area contributed by atoms with E-state index in [2.05, 4.69) is 26.2 Å². The molecular formula is C12H11BrClN3. The minimum Gasteiger partial charge on any atom is -0.397 e. The Morgan fingerprint density at radius 2 is 2.18 bits per heavy atom. The van der Waals surface area contributed by atoms with Gasteiger partial charge in [0, 0.05) is 4.47 Å². The molecule has 3 N–H and O–H groups in total. The van der Waals surface area contributed by atoms with Crippen molar-refractivity contribution in [2.75, 3.05) is 11.1 Å². The van der Waals surface area contributed by atoms with Crippen LogP contribution in [0.5, 0.6) is 0 Å². The zero-order valence-corrected chi connectivity index (χ0v) is 11.5. The quantitative estimate of drug-likeness (QED) is 0.876. The van der Waals surface area contributed by atoms with Gasteiger partial charge >= 0.3 is 0 Å². The van der Waals surface area contributed by atoms with Crippen LogP contribution in [0.1, 0.15) is 5.56 Å². The van der Waals surface area contributed by atoms with Gasteiger partial charge in [-0.3, -0.25) is 0 Å². The van der Waals surface area contributed by atoms with E-state index in [4.69, 9.17) is 17.3 Å². The first-order chi connectivity index (χ1) is 8.08. The average molecular weight is 313 g/mol. The number of rotatable bonds is 2. The lowest BCUT2D eigenvalue weighted by Crippen LogP contribution is -1.97. The van der Waals surface area contributed by atoms with E-state index < -0.39 is 0 Å². The topological polar surface area (TPSA) is 50.9 Å². The van der Waals surface area contributed by atoms with E-state index in [-0.39, 0.29) is 0 Å². The number of nitrogens with one attached hydrogen (secondary N) is 1. The number of nitrogens with zero attached hydrogens (tertiary/aromatic N) is 1. The van der Waals surface area contributed by atoms with Crippen LogP contribution in [0.3, 0.4) is 0 Å². The summed E-state index contributed by atoms with van der Waals surface area (Å²) in [6, 6.07) is 7.60. The van der Waals surface area contributed by atoms with Gasteiger partial charge in [0.25, 0.3) is 0 Å². The molecule has 0 bridgehead atoms. The van der Waals surface area contributed by atoms with Gasteiger partial charge in [0.05, 0.1) is 22.6 Å². The predicted octanol–water partition coefficient (Wildman–Crippen LogP) is 4.13. The highest BCUT2D eigenvalue weighted by Crippen LogP contribution is 2.30. The molecule has 2 aromatic rings. The van der Waals surface area contributed by atoms with Crippen LogP contribution in [0, 0.1) is 6.92 Å². The Morgan fingerprint density at radius 1 is 1.41 bits per heavy atom. The van der Waals surface area contributed by atoms with Crippen molar-refractivity contribution < 1.29 is 0 Å². The smallest absolute Gasteiger partial charge is 0.149 e. The van der Waals surface area contributed by atoms with Crippen LogP contribution in [0.25, 0.3) is 0 Å². The lowest BCUT2D eigenvalue weighted by Gasteiger charge is -2.10. The van der Waals surface area contributed by atoms with E-state index in [1.807, 2.05) is 25.1 Å². The normalized spacial score (nSPS) is 10.3. The summed E-state index contributed by atoms with van der Waals surface area (Å²) in [6.07, 6.45) is 1.57. The van der Waals surface area contributed by atoms with Crippen LogP contribution < -0.4 is 11.1 Å². The van der Waals surface area contributed by atoms with Crippen molar-refractivity contribution in [1.82, 2.24) is 4.98 Å². The lowest BCUT2D eigenvalue weighted by molar-refractivity contribution is 1.30.